The highest BCUT2D eigenvalue weighted by molar-refractivity contribution is 14.1. The Bertz CT molecular complexity index is 650. The molecule has 1 aliphatic heterocycles. The Hall–Kier alpha value is -0.890. The number of aromatic nitrogens is 2. The first-order chi connectivity index (χ1) is 10.5. The molecule has 0 fully saturated rings. The third kappa shape index (κ3) is 4.55. The van der Waals surface area contributed by atoms with E-state index in [0.717, 1.165) is 33.6 Å². The maximum absolute atomic E-state index is 11.0. The first-order valence-corrected chi connectivity index (χ1v) is 9.35. The number of hydrogen-bond acceptors (Lipinski definition) is 3. The van der Waals surface area contributed by atoms with Crippen LogP contribution in [0.25, 0.3) is 0 Å². The Kier molecular flexibility index (Phi) is 6.43. The summed E-state index contributed by atoms with van der Waals surface area (Å²) in [5.41, 5.74) is 3.34. The molecule has 0 unspecified atom stereocenters. The van der Waals surface area contributed by atoms with Gasteiger partial charge in [-0.3, -0.25) is 4.98 Å². The minimum Gasteiger partial charge on any atom is -0.618 e. The van der Waals surface area contributed by atoms with E-state index in [9.17, 15) is 5.21 Å². The summed E-state index contributed by atoms with van der Waals surface area (Å²) in [7, 11) is 0. The van der Waals surface area contributed by atoms with E-state index in [1.54, 1.807) is 6.20 Å². The Morgan fingerprint density at radius 2 is 2.23 bits per heavy atom. The number of rotatable bonds is 3. The van der Waals surface area contributed by atoms with Crippen LogP contribution in [-0.4, -0.2) is 4.98 Å². The molecule has 2 aromatic rings. The van der Waals surface area contributed by atoms with Gasteiger partial charge in [0.15, 0.2) is 6.20 Å². The van der Waals surface area contributed by atoms with Crippen LogP contribution >= 0.6 is 38.5 Å². The second-order valence-electron chi connectivity index (χ2n) is 5.47. The highest BCUT2D eigenvalue weighted by Crippen LogP contribution is 2.34. The molecule has 2 bridgehead atoms. The SMILES string of the molecule is Brc1c(CI)cc2cc1CO2.CC(C)Cc1cncc[n+]1[O-]. The second-order valence-corrected chi connectivity index (χ2v) is 7.03. The molecule has 0 radical (unpaired) electrons. The standard InChI is InChI=1S/C8H6BrIO.C8H12N2O/c9-8-5(3-10)1-7-2-6(8)4-11-7;1-7(2)5-8-6-9-3-4-10(8)11/h1-2H,3-4H2;3-4,6-7H,5H2,1-2H3. The van der Waals surface area contributed by atoms with Gasteiger partial charge in [-0.05, 0) is 23.6 Å². The fourth-order valence-corrected chi connectivity index (χ4v) is 3.72. The molecular weight excluding hydrogens is 459 g/mol. The molecule has 1 aromatic heterocycles. The summed E-state index contributed by atoms with van der Waals surface area (Å²) in [5.74, 6) is 1.51. The van der Waals surface area contributed by atoms with Gasteiger partial charge < -0.3 is 9.94 Å². The minimum absolute atomic E-state index is 0.499. The van der Waals surface area contributed by atoms with Crippen LogP contribution in [0.1, 0.15) is 30.7 Å². The zero-order chi connectivity index (χ0) is 16.1. The molecule has 4 nitrogen and oxygen atoms in total. The molecule has 0 saturated carbocycles. The number of benzene rings is 1. The van der Waals surface area contributed by atoms with Crippen LogP contribution in [0.4, 0.5) is 0 Å². The molecule has 1 aromatic carbocycles. The van der Waals surface area contributed by atoms with Crippen molar-refractivity contribution in [2.75, 3.05) is 0 Å². The van der Waals surface area contributed by atoms with Crippen molar-refractivity contribution in [1.82, 2.24) is 4.98 Å². The number of halogens is 2. The predicted molar refractivity (Wildman–Crippen MR) is 97.9 cm³/mol. The van der Waals surface area contributed by atoms with Crippen molar-refractivity contribution in [3.05, 3.63) is 57.2 Å². The van der Waals surface area contributed by atoms with E-state index in [0.29, 0.717) is 5.92 Å². The van der Waals surface area contributed by atoms with Crippen molar-refractivity contribution >= 4 is 38.5 Å². The summed E-state index contributed by atoms with van der Waals surface area (Å²) in [6.45, 7) is 4.88. The van der Waals surface area contributed by atoms with Crippen LogP contribution < -0.4 is 9.47 Å². The van der Waals surface area contributed by atoms with Crippen molar-refractivity contribution < 1.29 is 9.47 Å². The maximum Gasteiger partial charge on any atom is 0.211 e. The minimum atomic E-state index is 0.499. The van der Waals surface area contributed by atoms with Gasteiger partial charge in [0.1, 0.15) is 12.4 Å². The molecule has 3 rings (SSSR count). The first-order valence-electron chi connectivity index (χ1n) is 7.03. The van der Waals surface area contributed by atoms with E-state index >= 15 is 0 Å². The van der Waals surface area contributed by atoms with E-state index in [1.807, 2.05) is 0 Å². The fraction of sp³-hybridized carbons (Fsp3) is 0.375. The largest absolute Gasteiger partial charge is 0.618 e. The quantitative estimate of drug-likeness (QED) is 0.289. The lowest BCUT2D eigenvalue weighted by molar-refractivity contribution is -0.615. The smallest absolute Gasteiger partial charge is 0.211 e. The topological polar surface area (TPSA) is 49.1 Å². The van der Waals surface area contributed by atoms with Gasteiger partial charge in [-0.1, -0.05) is 52.4 Å². The van der Waals surface area contributed by atoms with Crippen LogP contribution in [0, 0.1) is 11.1 Å². The number of fused-ring (bicyclic) bond motifs is 2. The van der Waals surface area contributed by atoms with Gasteiger partial charge in [0.2, 0.25) is 5.69 Å². The number of alkyl halides is 1. The van der Waals surface area contributed by atoms with Gasteiger partial charge in [0.05, 0.1) is 12.4 Å². The summed E-state index contributed by atoms with van der Waals surface area (Å²) in [4.78, 5) is 3.88. The molecule has 0 atom stereocenters. The number of nitrogens with zero attached hydrogens (tertiary/aromatic N) is 2. The van der Waals surface area contributed by atoms with Crippen LogP contribution in [-0.2, 0) is 17.5 Å². The molecule has 0 spiro atoms. The lowest BCUT2D eigenvalue weighted by atomic mass is 10.1. The van der Waals surface area contributed by atoms with Crippen molar-refractivity contribution in [2.24, 2.45) is 5.92 Å². The molecule has 118 valence electrons. The predicted octanol–water partition coefficient (Wildman–Crippen LogP) is 4.19. The van der Waals surface area contributed by atoms with E-state index in [-0.39, 0.29) is 0 Å². The van der Waals surface area contributed by atoms with Crippen LogP contribution in [0.3, 0.4) is 0 Å². The third-order valence-electron chi connectivity index (χ3n) is 3.15. The molecule has 2 heterocycles. The van der Waals surface area contributed by atoms with Crippen molar-refractivity contribution in [3.63, 3.8) is 0 Å². The molecule has 6 heteroatoms. The van der Waals surface area contributed by atoms with E-state index < -0.39 is 0 Å². The number of hydrogen-bond donors (Lipinski definition) is 0. The zero-order valence-electron chi connectivity index (χ0n) is 12.6. The normalized spacial score (nSPS) is 11.9. The maximum atomic E-state index is 11.0. The summed E-state index contributed by atoms with van der Waals surface area (Å²) >= 11 is 5.90. The van der Waals surface area contributed by atoms with Gasteiger partial charge in [-0.2, -0.15) is 4.73 Å². The monoisotopic (exact) mass is 476 g/mol. The van der Waals surface area contributed by atoms with Crippen LogP contribution in [0.15, 0.2) is 35.2 Å². The Labute approximate surface area is 152 Å². The molecule has 0 N–H and O–H groups in total. The average Bonchev–Trinajstić information content (AvgIpc) is 2.90. The molecule has 0 saturated heterocycles. The lowest BCUT2D eigenvalue weighted by Gasteiger charge is -2.04. The fourth-order valence-electron chi connectivity index (χ4n) is 2.11. The lowest BCUT2D eigenvalue weighted by Crippen LogP contribution is -2.32. The summed E-state index contributed by atoms with van der Waals surface area (Å²) < 4.78 is 8.49. The summed E-state index contributed by atoms with van der Waals surface area (Å²) in [6.07, 6.45) is 5.33. The van der Waals surface area contributed by atoms with E-state index in [4.69, 9.17) is 4.74 Å². The molecular formula is C16H18BrIN2O2. The highest BCUT2D eigenvalue weighted by atomic mass is 127. The first kappa shape index (κ1) is 17.5. The van der Waals surface area contributed by atoms with Crippen LogP contribution in [0.5, 0.6) is 5.75 Å². The number of ether oxygens (including phenoxy) is 1. The Morgan fingerprint density at radius 1 is 1.45 bits per heavy atom. The average molecular weight is 477 g/mol. The third-order valence-corrected chi connectivity index (χ3v) is 4.99. The van der Waals surface area contributed by atoms with Crippen molar-refractivity contribution in [1.29, 1.82) is 0 Å². The van der Waals surface area contributed by atoms with Crippen LogP contribution in [0.2, 0.25) is 0 Å². The van der Waals surface area contributed by atoms with E-state index in [2.05, 4.69) is 69.5 Å². The van der Waals surface area contributed by atoms with Gasteiger partial charge in [0, 0.05) is 20.9 Å². The summed E-state index contributed by atoms with van der Waals surface area (Å²) in [5, 5.41) is 11.0. The molecule has 0 aliphatic carbocycles. The highest BCUT2D eigenvalue weighted by Gasteiger charge is 2.14. The van der Waals surface area contributed by atoms with Crippen molar-refractivity contribution in [3.8, 4) is 5.75 Å². The van der Waals surface area contributed by atoms with Gasteiger partial charge in [-0.15, -0.1) is 0 Å². The molecule has 1 aliphatic rings. The van der Waals surface area contributed by atoms with Gasteiger partial charge in [0.25, 0.3) is 0 Å². The second kappa shape index (κ2) is 8.10. The molecule has 22 heavy (non-hydrogen) atoms. The van der Waals surface area contributed by atoms with Gasteiger partial charge in [-0.25, -0.2) is 0 Å². The van der Waals surface area contributed by atoms with Crippen molar-refractivity contribution in [2.45, 2.75) is 31.3 Å². The Morgan fingerprint density at radius 3 is 2.86 bits per heavy atom. The zero-order valence-corrected chi connectivity index (χ0v) is 16.3. The van der Waals surface area contributed by atoms with Gasteiger partial charge >= 0.3 is 0 Å². The molecule has 0 amide bonds. The Balaban J connectivity index is 0.000000160. The van der Waals surface area contributed by atoms with E-state index in [1.165, 1.54) is 28.0 Å². The summed E-state index contributed by atoms with van der Waals surface area (Å²) in [6, 6.07) is 4.17.